The van der Waals surface area contributed by atoms with E-state index in [9.17, 15) is 18.0 Å². The summed E-state index contributed by atoms with van der Waals surface area (Å²) in [5.74, 6) is -0.500. The molecule has 1 aliphatic heterocycles. The molecule has 2 saturated carbocycles. The van der Waals surface area contributed by atoms with Crippen molar-refractivity contribution in [3.8, 4) is 0 Å². The molecule has 1 aromatic carbocycles. The fraction of sp³-hybridized carbons (Fsp3) is 0.680. The van der Waals surface area contributed by atoms with Crippen molar-refractivity contribution in [2.75, 3.05) is 19.7 Å². The number of rotatable bonds is 6. The van der Waals surface area contributed by atoms with E-state index < -0.39 is 15.9 Å². The normalized spacial score (nSPS) is 30.8. The van der Waals surface area contributed by atoms with Crippen molar-refractivity contribution in [2.24, 2.45) is 22.7 Å². The topological polar surface area (TPSA) is 92.8 Å². The molecule has 1 heterocycles. The third-order valence-electron chi connectivity index (χ3n) is 8.36. The van der Waals surface area contributed by atoms with Gasteiger partial charge >= 0.3 is 5.97 Å². The summed E-state index contributed by atoms with van der Waals surface area (Å²) in [7, 11) is -3.90. The predicted octanol–water partition coefficient (Wildman–Crippen LogP) is 4.36. The maximum Gasteiger partial charge on any atom is 0.310 e. The molecule has 0 radical (unpaired) electrons. The number of amides is 1. The lowest BCUT2D eigenvalue weighted by atomic mass is 9.68. The number of nitrogens with one attached hydrogen (secondary N) is 1. The number of carbonyl (C=O) groups is 2. The van der Waals surface area contributed by atoms with Gasteiger partial charge in [0.2, 0.25) is 10.0 Å². The van der Waals surface area contributed by atoms with Crippen LogP contribution in [0.1, 0.15) is 70.2 Å². The molecule has 34 heavy (non-hydrogen) atoms. The summed E-state index contributed by atoms with van der Waals surface area (Å²) in [4.78, 5) is 25.5. The molecule has 1 aromatic rings. The SMILES string of the molecule is CCOC(=O)C1CCCN(S(=O)(=O)c2cc(C(=O)NC3C(C)(C)[C@@H]4CC[C@]3(C)C4)ccc2Br)C1. The van der Waals surface area contributed by atoms with Gasteiger partial charge in [0.05, 0.1) is 17.4 Å². The molecule has 1 N–H and O–H groups in total. The van der Waals surface area contributed by atoms with Gasteiger partial charge in [0.25, 0.3) is 5.91 Å². The lowest BCUT2D eigenvalue weighted by Crippen LogP contribution is -2.52. The van der Waals surface area contributed by atoms with Gasteiger partial charge in [0.15, 0.2) is 0 Å². The fourth-order valence-electron chi connectivity index (χ4n) is 6.47. The molecular weight excluding hydrogens is 520 g/mol. The number of hydrogen-bond donors (Lipinski definition) is 1. The van der Waals surface area contributed by atoms with Crippen LogP contribution in [0.4, 0.5) is 0 Å². The molecule has 2 aliphatic carbocycles. The molecule has 9 heteroatoms. The molecule has 4 atom stereocenters. The fourth-order valence-corrected chi connectivity index (χ4v) is 8.95. The van der Waals surface area contributed by atoms with Gasteiger partial charge in [-0.05, 0) is 89.9 Å². The van der Waals surface area contributed by atoms with Crippen LogP contribution in [-0.2, 0) is 19.6 Å². The Bertz CT molecular complexity index is 1080. The third kappa shape index (κ3) is 4.44. The van der Waals surface area contributed by atoms with E-state index in [0.717, 1.165) is 12.8 Å². The maximum atomic E-state index is 13.5. The molecule has 3 fully saturated rings. The second-order valence-corrected chi connectivity index (χ2v) is 13.7. The summed E-state index contributed by atoms with van der Waals surface area (Å²) in [6, 6.07) is 4.76. The summed E-state index contributed by atoms with van der Waals surface area (Å²) >= 11 is 3.36. The second kappa shape index (κ2) is 9.21. The van der Waals surface area contributed by atoms with Crippen LogP contribution in [0.2, 0.25) is 0 Å². The number of hydrogen-bond acceptors (Lipinski definition) is 5. The largest absolute Gasteiger partial charge is 0.466 e. The van der Waals surface area contributed by atoms with Crippen LogP contribution >= 0.6 is 15.9 Å². The first-order valence-electron chi connectivity index (χ1n) is 12.2. The van der Waals surface area contributed by atoms with E-state index in [4.69, 9.17) is 4.74 Å². The van der Waals surface area contributed by atoms with E-state index >= 15 is 0 Å². The van der Waals surface area contributed by atoms with Crippen LogP contribution < -0.4 is 5.32 Å². The minimum atomic E-state index is -3.90. The zero-order valence-electron chi connectivity index (χ0n) is 20.4. The van der Waals surface area contributed by atoms with Crippen molar-refractivity contribution < 1.29 is 22.7 Å². The molecule has 2 unspecified atom stereocenters. The van der Waals surface area contributed by atoms with Crippen LogP contribution in [0, 0.1) is 22.7 Å². The summed E-state index contributed by atoms with van der Waals surface area (Å²) in [5.41, 5.74) is 0.398. The van der Waals surface area contributed by atoms with Gasteiger partial charge in [-0.1, -0.05) is 20.8 Å². The average molecular weight is 556 g/mol. The number of ether oxygens (including phenoxy) is 1. The van der Waals surface area contributed by atoms with Gasteiger partial charge in [-0.15, -0.1) is 0 Å². The zero-order chi connectivity index (χ0) is 24.9. The smallest absolute Gasteiger partial charge is 0.310 e. The standard InChI is InChI=1S/C25H35BrN2O5S/c1-5-33-22(30)17-7-6-12-28(15-17)34(31,32)20-13-16(8-9-19(20)26)21(29)27-23-24(2,3)18-10-11-25(23,4)14-18/h8-9,13,17-18,23H,5-7,10-12,14-15H2,1-4H3,(H,27,29)/t17?,18-,23?,25-/m1/s1. The highest BCUT2D eigenvalue weighted by atomic mass is 79.9. The van der Waals surface area contributed by atoms with Gasteiger partial charge in [-0.25, -0.2) is 8.42 Å². The maximum absolute atomic E-state index is 13.5. The first kappa shape index (κ1) is 25.6. The Balaban J connectivity index is 1.56. The van der Waals surface area contributed by atoms with Crippen molar-refractivity contribution in [2.45, 2.75) is 70.7 Å². The molecule has 7 nitrogen and oxygen atoms in total. The molecule has 0 aromatic heterocycles. The van der Waals surface area contributed by atoms with Crippen LogP contribution in [-0.4, -0.2) is 50.3 Å². The molecule has 4 rings (SSSR count). The van der Waals surface area contributed by atoms with Crippen molar-refractivity contribution in [1.82, 2.24) is 9.62 Å². The monoisotopic (exact) mass is 554 g/mol. The van der Waals surface area contributed by atoms with Gasteiger partial charge in [0, 0.05) is 29.2 Å². The minimum absolute atomic E-state index is 0.00282. The average Bonchev–Trinajstić information content (AvgIpc) is 3.28. The Hall–Kier alpha value is -1.45. The Labute approximate surface area is 211 Å². The molecule has 1 saturated heterocycles. The van der Waals surface area contributed by atoms with Crippen molar-refractivity contribution >= 4 is 37.8 Å². The lowest BCUT2D eigenvalue weighted by molar-refractivity contribution is -0.149. The zero-order valence-corrected chi connectivity index (χ0v) is 22.8. The number of piperidine rings is 1. The number of nitrogens with zero attached hydrogens (tertiary/aromatic N) is 1. The van der Waals surface area contributed by atoms with E-state index in [2.05, 4.69) is 42.0 Å². The van der Waals surface area contributed by atoms with Crippen LogP contribution in [0.25, 0.3) is 0 Å². The highest BCUT2D eigenvalue weighted by molar-refractivity contribution is 9.10. The first-order chi connectivity index (χ1) is 15.9. The molecule has 1 amide bonds. The summed E-state index contributed by atoms with van der Waals surface area (Å²) in [6.45, 7) is 9.11. The predicted molar refractivity (Wildman–Crippen MR) is 133 cm³/mol. The Morgan fingerprint density at radius 1 is 1.24 bits per heavy atom. The highest BCUT2D eigenvalue weighted by Gasteiger charge is 2.59. The summed E-state index contributed by atoms with van der Waals surface area (Å²) < 4.78 is 33.9. The summed E-state index contributed by atoms with van der Waals surface area (Å²) in [5, 5.41) is 3.25. The molecule has 188 valence electrons. The third-order valence-corrected chi connectivity index (χ3v) is 11.2. The quantitative estimate of drug-likeness (QED) is 0.527. The number of sulfonamides is 1. The van der Waals surface area contributed by atoms with Crippen LogP contribution in [0.5, 0.6) is 0 Å². The molecular formula is C25H35BrN2O5S. The van der Waals surface area contributed by atoms with E-state index in [0.29, 0.717) is 35.3 Å². The molecule has 0 spiro atoms. The number of fused-ring (bicyclic) bond motifs is 2. The van der Waals surface area contributed by atoms with Crippen LogP contribution in [0.3, 0.4) is 0 Å². The molecule has 2 bridgehead atoms. The number of esters is 1. The van der Waals surface area contributed by atoms with Crippen LogP contribution in [0.15, 0.2) is 27.6 Å². The van der Waals surface area contributed by atoms with E-state index in [1.54, 1.807) is 19.1 Å². The number of benzene rings is 1. The van der Waals surface area contributed by atoms with E-state index in [1.807, 2.05) is 0 Å². The second-order valence-electron chi connectivity index (χ2n) is 10.9. The number of carbonyl (C=O) groups excluding carboxylic acids is 2. The number of halogens is 1. The van der Waals surface area contributed by atoms with Gasteiger partial charge in [-0.2, -0.15) is 4.31 Å². The molecule has 3 aliphatic rings. The van der Waals surface area contributed by atoms with Gasteiger partial charge < -0.3 is 10.1 Å². The van der Waals surface area contributed by atoms with Crippen molar-refractivity contribution in [3.63, 3.8) is 0 Å². The van der Waals surface area contributed by atoms with E-state index in [-0.39, 0.29) is 46.8 Å². The Morgan fingerprint density at radius 3 is 2.62 bits per heavy atom. The Kier molecular flexibility index (Phi) is 6.94. The lowest BCUT2D eigenvalue weighted by Gasteiger charge is -2.43. The van der Waals surface area contributed by atoms with E-state index in [1.165, 1.54) is 16.8 Å². The van der Waals surface area contributed by atoms with Crippen molar-refractivity contribution in [1.29, 1.82) is 0 Å². The van der Waals surface area contributed by atoms with Gasteiger partial charge in [0.1, 0.15) is 0 Å². The highest BCUT2D eigenvalue weighted by Crippen LogP contribution is 2.62. The summed E-state index contributed by atoms with van der Waals surface area (Å²) in [6.07, 6.45) is 4.59. The first-order valence-corrected chi connectivity index (χ1v) is 14.4. The van der Waals surface area contributed by atoms with Crippen molar-refractivity contribution in [3.05, 3.63) is 28.2 Å². The minimum Gasteiger partial charge on any atom is -0.466 e. The Morgan fingerprint density at radius 2 is 1.97 bits per heavy atom. The van der Waals surface area contributed by atoms with Gasteiger partial charge in [-0.3, -0.25) is 9.59 Å².